The van der Waals surface area contributed by atoms with E-state index < -0.39 is 0 Å². The lowest BCUT2D eigenvalue weighted by molar-refractivity contribution is 0.501. The fraction of sp³-hybridized carbons (Fsp3) is 0.417. The number of hydrogen-bond acceptors (Lipinski definition) is 4. The SMILES string of the molecule is ClCc1csc(N(Cc2ccco2)C2CC2)n1. The zero-order valence-corrected chi connectivity index (χ0v) is 10.9. The van der Waals surface area contributed by atoms with E-state index in [0.717, 1.165) is 23.1 Å². The second-order valence-corrected chi connectivity index (χ2v) is 5.30. The summed E-state index contributed by atoms with van der Waals surface area (Å²) in [6.45, 7) is 0.799. The van der Waals surface area contributed by atoms with Gasteiger partial charge in [0.2, 0.25) is 0 Å². The van der Waals surface area contributed by atoms with E-state index in [1.807, 2.05) is 17.5 Å². The van der Waals surface area contributed by atoms with E-state index in [9.17, 15) is 0 Å². The molecule has 0 bridgehead atoms. The number of thiazole rings is 1. The summed E-state index contributed by atoms with van der Waals surface area (Å²) in [6, 6.07) is 4.55. The first-order valence-corrected chi connectivity index (χ1v) is 7.07. The molecule has 3 nitrogen and oxygen atoms in total. The Kier molecular flexibility index (Phi) is 3.07. The molecule has 90 valence electrons. The number of furan rings is 1. The highest BCUT2D eigenvalue weighted by atomic mass is 35.5. The van der Waals surface area contributed by atoms with Crippen molar-refractivity contribution in [3.63, 3.8) is 0 Å². The Hall–Kier alpha value is -1.00. The monoisotopic (exact) mass is 268 g/mol. The highest BCUT2D eigenvalue weighted by molar-refractivity contribution is 7.13. The fourth-order valence-corrected chi connectivity index (χ4v) is 2.92. The topological polar surface area (TPSA) is 29.3 Å². The second-order valence-electron chi connectivity index (χ2n) is 4.19. The number of halogens is 1. The van der Waals surface area contributed by atoms with Gasteiger partial charge in [-0.3, -0.25) is 0 Å². The molecular formula is C12H13ClN2OS. The van der Waals surface area contributed by atoms with Gasteiger partial charge in [0.1, 0.15) is 5.76 Å². The minimum atomic E-state index is 0.482. The zero-order chi connectivity index (χ0) is 11.7. The van der Waals surface area contributed by atoms with Gasteiger partial charge in [0.05, 0.1) is 24.4 Å². The van der Waals surface area contributed by atoms with Crippen LogP contribution in [0.1, 0.15) is 24.3 Å². The van der Waals surface area contributed by atoms with Gasteiger partial charge >= 0.3 is 0 Å². The molecule has 1 fully saturated rings. The third kappa shape index (κ3) is 2.48. The molecule has 3 rings (SSSR count). The van der Waals surface area contributed by atoms with Gasteiger partial charge < -0.3 is 9.32 Å². The Morgan fingerprint density at radius 2 is 2.41 bits per heavy atom. The van der Waals surface area contributed by atoms with Crippen LogP contribution in [0.25, 0.3) is 0 Å². The van der Waals surface area contributed by atoms with Crippen molar-refractivity contribution >= 4 is 28.1 Å². The Balaban J connectivity index is 1.79. The van der Waals surface area contributed by atoms with E-state index in [-0.39, 0.29) is 0 Å². The normalized spacial score (nSPS) is 15.1. The van der Waals surface area contributed by atoms with E-state index in [4.69, 9.17) is 16.0 Å². The maximum Gasteiger partial charge on any atom is 0.186 e. The van der Waals surface area contributed by atoms with E-state index in [2.05, 4.69) is 9.88 Å². The molecule has 0 atom stereocenters. The highest BCUT2D eigenvalue weighted by Crippen LogP contribution is 2.35. The molecule has 1 saturated carbocycles. The van der Waals surface area contributed by atoms with Crippen LogP contribution in [0.5, 0.6) is 0 Å². The molecule has 2 aromatic rings. The average molecular weight is 269 g/mol. The van der Waals surface area contributed by atoms with Gasteiger partial charge in [-0.25, -0.2) is 4.98 Å². The maximum absolute atomic E-state index is 5.79. The van der Waals surface area contributed by atoms with Crippen molar-refractivity contribution in [3.05, 3.63) is 35.2 Å². The minimum absolute atomic E-state index is 0.482. The lowest BCUT2D eigenvalue weighted by Gasteiger charge is -2.19. The van der Waals surface area contributed by atoms with Gasteiger partial charge in [0.15, 0.2) is 5.13 Å². The lowest BCUT2D eigenvalue weighted by Crippen LogP contribution is -2.24. The van der Waals surface area contributed by atoms with Crippen LogP contribution in [0.15, 0.2) is 28.2 Å². The van der Waals surface area contributed by atoms with Gasteiger partial charge in [-0.05, 0) is 25.0 Å². The van der Waals surface area contributed by atoms with Gasteiger partial charge in [-0.15, -0.1) is 22.9 Å². The summed E-state index contributed by atoms with van der Waals surface area (Å²) in [5.74, 6) is 1.47. The third-order valence-electron chi connectivity index (χ3n) is 2.82. The number of anilines is 1. The van der Waals surface area contributed by atoms with Crippen molar-refractivity contribution in [1.29, 1.82) is 0 Å². The molecule has 1 aliphatic rings. The molecule has 0 unspecified atom stereocenters. The summed E-state index contributed by atoms with van der Waals surface area (Å²) in [6.07, 6.45) is 4.21. The maximum atomic E-state index is 5.79. The van der Waals surface area contributed by atoms with Gasteiger partial charge in [0, 0.05) is 11.4 Å². The molecule has 0 N–H and O–H groups in total. The van der Waals surface area contributed by atoms with Crippen LogP contribution in [0, 0.1) is 0 Å². The molecule has 0 saturated heterocycles. The fourth-order valence-electron chi connectivity index (χ4n) is 1.80. The van der Waals surface area contributed by atoms with Gasteiger partial charge in [-0.2, -0.15) is 0 Å². The minimum Gasteiger partial charge on any atom is -0.467 e. The molecule has 5 heteroatoms. The van der Waals surface area contributed by atoms with Gasteiger partial charge in [0.25, 0.3) is 0 Å². The Morgan fingerprint density at radius 1 is 1.53 bits per heavy atom. The Bertz CT molecular complexity index is 478. The molecule has 2 aromatic heterocycles. The first-order chi connectivity index (χ1) is 8.36. The smallest absolute Gasteiger partial charge is 0.186 e. The average Bonchev–Trinajstić information content (AvgIpc) is 2.88. The predicted octanol–water partition coefficient (Wildman–Crippen LogP) is 3.64. The number of hydrogen-bond donors (Lipinski definition) is 0. The summed E-state index contributed by atoms with van der Waals surface area (Å²) < 4.78 is 5.41. The van der Waals surface area contributed by atoms with Crippen LogP contribution in [0.2, 0.25) is 0 Å². The zero-order valence-electron chi connectivity index (χ0n) is 9.30. The number of rotatable bonds is 5. The van der Waals surface area contributed by atoms with Crippen molar-refractivity contribution in [2.24, 2.45) is 0 Å². The van der Waals surface area contributed by atoms with Gasteiger partial charge in [-0.1, -0.05) is 0 Å². The molecule has 17 heavy (non-hydrogen) atoms. The lowest BCUT2D eigenvalue weighted by atomic mass is 10.4. The Labute approximate surface area is 109 Å². The van der Waals surface area contributed by atoms with E-state index in [0.29, 0.717) is 11.9 Å². The highest BCUT2D eigenvalue weighted by Gasteiger charge is 2.31. The first kappa shape index (κ1) is 11.1. The number of nitrogens with zero attached hydrogens (tertiary/aromatic N) is 2. The summed E-state index contributed by atoms with van der Waals surface area (Å²) >= 11 is 7.45. The summed E-state index contributed by atoms with van der Waals surface area (Å²) in [5.41, 5.74) is 0.955. The molecule has 0 radical (unpaired) electrons. The molecule has 0 aliphatic heterocycles. The Morgan fingerprint density at radius 3 is 3.00 bits per heavy atom. The molecular weight excluding hydrogens is 256 g/mol. The van der Waals surface area contributed by atoms with Crippen molar-refractivity contribution in [1.82, 2.24) is 4.98 Å². The van der Waals surface area contributed by atoms with Crippen molar-refractivity contribution < 1.29 is 4.42 Å². The van der Waals surface area contributed by atoms with E-state index in [1.165, 1.54) is 12.8 Å². The van der Waals surface area contributed by atoms with Crippen LogP contribution in [-0.2, 0) is 12.4 Å². The number of aromatic nitrogens is 1. The molecule has 2 heterocycles. The number of alkyl halides is 1. The quantitative estimate of drug-likeness (QED) is 0.776. The van der Waals surface area contributed by atoms with E-state index >= 15 is 0 Å². The predicted molar refractivity (Wildman–Crippen MR) is 69.6 cm³/mol. The van der Waals surface area contributed by atoms with Crippen molar-refractivity contribution in [2.45, 2.75) is 31.3 Å². The van der Waals surface area contributed by atoms with Crippen LogP contribution in [0.3, 0.4) is 0 Å². The summed E-state index contributed by atoms with van der Waals surface area (Å²) in [4.78, 5) is 6.86. The van der Waals surface area contributed by atoms with Crippen LogP contribution in [-0.4, -0.2) is 11.0 Å². The first-order valence-electron chi connectivity index (χ1n) is 5.66. The van der Waals surface area contributed by atoms with Crippen LogP contribution >= 0.6 is 22.9 Å². The molecule has 0 spiro atoms. The summed E-state index contributed by atoms with van der Waals surface area (Å²) in [7, 11) is 0. The second kappa shape index (κ2) is 4.70. The molecule has 0 amide bonds. The molecule has 1 aliphatic carbocycles. The third-order valence-corrected chi connectivity index (χ3v) is 4.02. The van der Waals surface area contributed by atoms with E-state index in [1.54, 1.807) is 17.6 Å². The summed E-state index contributed by atoms with van der Waals surface area (Å²) in [5, 5.41) is 3.08. The van der Waals surface area contributed by atoms with Crippen LogP contribution < -0.4 is 4.90 Å². The van der Waals surface area contributed by atoms with Crippen molar-refractivity contribution in [3.8, 4) is 0 Å². The molecule has 0 aromatic carbocycles. The standard InChI is InChI=1S/C12H13ClN2OS/c13-6-9-8-17-12(14-9)15(10-3-4-10)7-11-2-1-5-16-11/h1-2,5,8,10H,3-4,6-7H2. The van der Waals surface area contributed by atoms with Crippen molar-refractivity contribution in [2.75, 3.05) is 4.90 Å². The van der Waals surface area contributed by atoms with Crippen LogP contribution in [0.4, 0.5) is 5.13 Å². The largest absolute Gasteiger partial charge is 0.467 e.